The minimum atomic E-state index is 0.236. The van der Waals surface area contributed by atoms with Crippen molar-refractivity contribution in [1.29, 1.82) is 0 Å². The number of hydrogen-bond donors (Lipinski definition) is 0. The first-order chi connectivity index (χ1) is 12.3. The lowest BCUT2D eigenvalue weighted by atomic mass is 10.0. The zero-order chi connectivity index (χ0) is 17.5. The Kier molecular flexibility index (Phi) is 6.09. The van der Waals surface area contributed by atoms with Gasteiger partial charge in [-0.1, -0.05) is 25.1 Å². The second-order valence-electron chi connectivity index (χ2n) is 6.51. The van der Waals surface area contributed by atoms with E-state index in [4.69, 9.17) is 4.74 Å². The molecule has 3 rings (SSSR count). The number of amides is 1. The predicted molar refractivity (Wildman–Crippen MR) is 97.6 cm³/mol. The Bertz CT molecular complexity index is 669. The van der Waals surface area contributed by atoms with Gasteiger partial charge in [0.2, 0.25) is 5.91 Å². The minimum absolute atomic E-state index is 0.236. The largest absolute Gasteiger partial charge is 0.494 e. The number of rotatable bonds is 7. The van der Waals surface area contributed by atoms with Gasteiger partial charge in [0.15, 0.2) is 0 Å². The van der Waals surface area contributed by atoms with Gasteiger partial charge in [0, 0.05) is 38.3 Å². The molecule has 1 atom stereocenters. The Morgan fingerprint density at radius 1 is 1.32 bits per heavy atom. The van der Waals surface area contributed by atoms with E-state index in [2.05, 4.69) is 16.5 Å². The molecule has 0 aliphatic carbocycles. The van der Waals surface area contributed by atoms with Gasteiger partial charge >= 0.3 is 0 Å². The summed E-state index contributed by atoms with van der Waals surface area (Å²) in [5.41, 5.74) is 0. The first-order valence-electron chi connectivity index (χ1n) is 9.25. The molecule has 1 aromatic carbocycles. The van der Waals surface area contributed by atoms with Gasteiger partial charge in [-0.3, -0.25) is 4.79 Å². The van der Waals surface area contributed by atoms with Gasteiger partial charge in [-0.2, -0.15) is 0 Å². The number of piperidine rings is 1. The summed E-state index contributed by atoms with van der Waals surface area (Å²) in [5.74, 6) is 2.20. The van der Waals surface area contributed by atoms with Crippen LogP contribution in [0.2, 0.25) is 0 Å². The molecule has 1 aliphatic heterocycles. The molecule has 5 heteroatoms. The van der Waals surface area contributed by atoms with Crippen molar-refractivity contribution in [2.24, 2.45) is 0 Å². The number of ether oxygens (including phenoxy) is 1. The lowest BCUT2D eigenvalue weighted by molar-refractivity contribution is -0.133. The van der Waals surface area contributed by atoms with E-state index in [0.29, 0.717) is 19.1 Å². The van der Waals surface area contributed by atoms with Crippen molar-refractivity contribution < 1.29 is 9.53 Å². The summed E-state index contributed by atoms with van der Waals surface area (Å²) in [6, 6.07) is 10.1. The molecule has 2 aromatic rings. The van der Waals surface area contributed by atoms with Crippen LogP contribution in [-0.2, 0) is 11.2 Å². The Balaban J connectivity index is 1.45. The van der Waals surface area contributed by atoms with E-state index in [0.717, 1.165) is 50.3 Å². The van der Waals surface area contributed by atoms with Crippen LogP contribution in [0.3, 0.4) is 0 Å². The fourth-order valence-electron chi connectivity index (χ4n) is 3.45. The number of benzene rings is 1. The van der Waals surface area contributed by atoms with Crippen molar-refractivity contribution in [3.05, 3.63) is 48.5 Å². The number of imidazole rings is 1. The van der Waals surface area contributed by atoms with Crippen LogP contribution in [0, 0.1) is 0 Å². The highest BCUT2D eigenvalue weighted by Crippen LogP contribution is 2.23. The van der Waals surface area contributed by atoms with E-state index in [-0.39, 0.29) is 5.91 Å². The Morgan fingerprint density at radius 2 is 2.16 bits per heavy atom. The van der Waals surface area contributed by atoms with Crippen molar-refractivity contribution in [3.63, 3.8) is 0 Å². The van der Waals surface area contributed by atoms with Crippen molar-refractivity contribution in [1.82, 2.24) is 14.5 Å². The summed E-state index contributed by atoms with van der Waals surface area (Å²) in [6.07, 6.45) is 8.30. The van der Waals surface area contributed by atoms with E-state index >= 15 is 0 Å². The molecule has 25 heavy (non-hydrogen) atoms. The third kappa shape index (κ3) is 4.62. The van der Waals surface area contributed by atoms with E-state index in [1.807, 2.05) is 47.6 Å². The van der Waals surface area contributed by atoms with Gasteiger partial charge in [-0.15, -0.1) is 0 Å². The second-order valence-corrected chi connectivity index (χ2v) is 6.51. The maximum atomic E-state index is 12.5. The fraction of sp³-hybridized carbons (Fsp3) is 0.500. The summed E-state index contributed by atoms with van der Waals surface area (Å²) in [6.45, 7) is 4.36. The maximum Gasteiger partial charge on any atom is 0.222 e. The summed E-state index contributed by atoms with van der Waals surface area (Å²) < 4.78 is 7.92. The zero-order valence-electron chi connectivity index (χ0n) is 14.9. The molecule has 0 N–H and O–H groups in total. The van der Waals surface area contributed by atoms with Crippen LogP contribution >= 0.6 is 0 Å². The third-order valence-electron chi connectivity index (χ3n) is 4.75. The smallest absolute Gasteiger partial charge is 0.222 e. The standard InChI is InChI=1S/C20H27N3O2/c1-2-19-21-12-14-23(19)17-8-6-13-22(16-17)20(24)11-7-15-25-18-9-4-3-5-10-18/h3-5,9-10,12,14,17H,2,6-8,11,13,15-16H2,1H3. The molecule has 1 aliphatic rings. The number of carbonyl (C=O) groups is 1. The highest BCUT2D eigenvalue weighted by Gasteiger charge is 2.25. The Hall–Kier alpha value is -2.30. The van der Waals surface area contributed by atoms with E-state index < -0.39 is 0 Å². The molecular weight excluding hydrogens is 314 g/mol. The highest BCUT2D eigenvalue weighted by atomic mass is 16.5. The SMILES string of the molecule is CCc1nccn1C1CCCN(C(=O)CCCOc2ccccc2)C1. The average molecular weight is 341 g/mol. The molecule has 5 nitrogen and oxygen atoms in total. The predicted octanol–water partition coefficient (Wildman–Crippen LogP) is 3.47. The summed E-state index contributed by atoms with van der Waals surface area (Å²) in [4.78, 5) is 18.9. The van der Waals surface area contributed by atoms with Crippen LogP contribution in [-0.4, -0.2) is 40.1 Å². The number of aryl methyl sites for hydroxylation is 1. The maximum absolute atomic E-state index is 12.5. The van der Waals surface area contributed by atoms with Crippen molar-refractivity contribution in [2.45, 2.75) is 45.1 Å². The molecule has 134 valence electrons. The number of hydrogen-bond acceptors (Lipinski definition) is 3. The summed E-state index contributed by atoms with van der Waals surface area (Å²) >= 11 is 0. The molecule has 1 fully saturated rings. The van der Waals surface area contributed by atoms with Crippen molar-refractivity contribution in [2.75, 3.05) is 19.7 Å². The van der Waals surface area contributed by atoms with E-state index in [1.165, 1.54) is 0 Å². The van der Waals surface area contributed by atoms with Crippen LogP contribution in [0.1, 0.15) is 44.5 Å². The highest BCUT2D eigenvalue weighted by molar-refractivity contribution is 5.76. The van der Waals surface area contributed by atoms with Gasteiger partial charge in [-0.25, -0.2) is 4.98 Å². The molecule has 1 saturated heterocycles. The first-order valence-corrected chi connectivity index (χ1v) is 9.25. The third-order valence-corrected chi connectivity index (χ3v) is 4.75. The number of aromatic nitrogens is 2. The summed E-state index contributed by atoms with van der Waals surface area (Å²) in [7, 11) is 0. The second kappa shape index (κ2) is 8.70. The van der Waals surface area contributed by atoms with Gasteiger partial charge in [0.05, 0.1) is 12.6 Å². The quantitative estimate of drug-likeness (QED) is 0.725. The molecule has 0 saturated carbocycles. The minimum Gasteiger partial charge on any atom is -0.494 e. The average Bonchev–Trinajstić information content (AvgIpc) is 3.15. The molecule has 1 aromatic heterocycles. The van der Waals surface area contributed by atoms with Crippen LogP contribution in [0.25, 0.3) is 0 Å². The van der Waals surface area contributed by atoms with Gasteiger partial charge in [-0.05, 0) is 31.4 Å². The number of carbonyl (C=O) groups excluding carboxylic acids is 1. The van der Waals surface area contributed by atoms with Crippen LogP contribution in [0.15, 0.2) is 42.7 Å². The molecule has 1 unspecified atom stereocenters. The normalized spacial score (nSPS) is 17.5. The lowest BCUT2D eigenvalue weighted by Crippen LogP contribution is -2.40. The summed E-state index contributed by atoms with van der Waals surface area (Å²) in [5, 5.41) is 0. The van der Waals surface area contributed by atoms with Gasteiger partial charge in [0.25, 0.3) is 0 Å². The molecule has 2 heterocycles. The lowest BCUT2D eigenvalue weighted by Gasteiger charge is -2.34. The first kappa shape index (κ1) is 17.5. The van der Waals surface area contributed by atoms with E-state index in [1.54, 1.807) is 0 Å². The molecule has 0 spiro atoms. The van der Waals surface area contributed by atoms with Crippen LogP contribution < -0.4 is 4.74 Å². The molecule has 0 radical (unpaired) electrons. The monoisotopic (exact) mass is 341 g/mol. The van der Waals surface area contributed by atoms with E-state index in [9.17, 15) is 4.79 Å². The Morgan fingerprint density at radius 3 is 2.96 bits per heavy atom. The van der Waals surface area contributed by atoms with Crippen molar-refractivity contribution >= 4 is 5.91 Å². The number of para-hydroxylation sites is 1. The topological polar surface area (TPSA) is 47.4 Å². The molecular formula is C20H27N3O2. The number of likely N-dealkylation sites (tertiary alicyclic amines) is 1. The molecule has 1 amide bonds. The number of nitrogens with zero attached hydrogens (tertiary/aromatic N) is 3. The fourth-order valence-corrected chi connectivity index (χ4v) is 3.45. The Labute approximate surface area is 149 Å². The molecule has 0 bridgehead atoms. The zero-order valence-corrected chi connectivity index (χ0v) is 14.9. The van der Waals surface area contributed by atoms with Crippen LogP contribution in [0.4, 0.5) is 0 Å². The van der Waals surface area contributed by atoms with Gasteiger partial charge in [0.1, 0.15) is 11.6 Å². The van der Waals surface area contributed by atoms with Gasteiger partial charge < -0.3 is 14.2 Å². The van der Waals surface area contributed by atoms with Crippen molar-refractivity contribution in [3.8, 4) is 5.75 Å². The van der Waals surface area contributed by atoms with Crippen LogP contribution in [0.5, 0.6) is 5.75 Å².